The Morgan fingerprint density at radius 1 is 0.280 bits per heavy atom. The average Bonchev–Trinajstić information content (AvgIpc) is 1.57. The third-order valence-electron chi connectivity index (χ3n) is 28.9. The van der Waals surface area contributed by atoms with Crippen LogP contribution in [-0.2, 0) is 118 Å². The van der Waals surface area contributed by atoms with Crippen molar-refractivity contribution >= 4 is 165 Å². The molecule has 5 radical (unpaired) electrons. The van der Waals surface area contributed by atoms with Crippen LogP contribution in [0.25, 0.3) is 112 Å². The van der Waals surface area contributed by atoms with Gasteiger partial charge in [0.15, 0.2) is 0 Å². The quantitative estimate of drug-likeness (QED) is 0.122. The Balaban J connectivity index is 0.000000127. The molecule has 0 saturated heterocycles. The first-order chi connectivity index (χ1) is 66.8. The number of hydrogen-bond donors (Lipinski definition) is 0. The summed E-state index contributed by atoms with van der Waals surface area (Å²) in [6.45, 7) is 21.9. The van der Waals surface area contributed by atoms with Crippen molar-refractivity contribution in [1.82, 2.24) is 24.5 Å². The van der Waals surface area contributed by atoms with Crippen LogP contribution in [0, 0.1) is 34.6 Å². The predicted octanol–water partition coefficient (Wildman–Crippen LogP) is 28.0. The third-order valence-corrected chi connectivity index (χ3v) is 35.8. The minimum absolute atomic E-state index is 0. The number of para-hydroxylation sites is 6. The number of benzene rings is 15. The monoisotopic (exact) mass is 2450 g/mol. The number of hydrogen-bond acceptors (Lipinski definition) is 15. The molecule has 7 aliphatic rings. The van der Waals surface area contributed by atoms with Gasteiger partial charge in [0, 0.05) is 243 Å². The van der Waals surface area contributed by atoms with Crippen molar-refractivity contribution in [2.24, 2.45) is 0 Å². The Hall–Kier alpha value is -11.2. The van der Waals surface area contributed by atoms with E-state index in [1.54, 1.807) is 18.2 Å². The first-order valence-corrected chi connectivity index (χ1v) is 52.3. The van der Waals surface area contributed by atoms with Crippen LogP contribution in [0.15, 0.2) is 389 Å². The van der Waals surface area contributed by atoms with Crippen LogP contribution in [0.3, 0.4) is 0 Å². The van der Waals surface area contributed by atoms with Gasteiger partial charge in [-0.1, -0.05) is 164 Å². The molecular formula is C120H110N10O4Rh5S3Se. The number of furan rings is 1. The fourth-order valence-corrected chi connectivity index (χ4v) is 26.9. The summed E-state index contributed by atoms with van der Waals surface area (Å²) in [5, 5.41) is 7.87. The minimum Gasteiger partial charge on any atom is -0.456 e. The van der Waals surface area contributed by atoms with Crippen molar-refractivity contribution < 1.29 is 114 Å². The van der Waals surface area contributed by atoms with Crippen molar-refractivity contribution in [3.05, 3.63) is 420 Å². The van der Waals surface area contributed by atoms with Crippen LogP contribution in [0.5, 0.6) is 0 Å². The zero-order valence-electron chi connectivity index (χ0n) is 81.9. The topological polar surface area (TPSA) is 96.7 Å². The standard InChI is InChI=1S/C24H22N2O2S.C24H22N2OS.C24H22N2O.C24H22N2S.C24H22N2Se.5Rh/c1-16-8-4-6-10-21(16)26-15-22(25(3)17(26)2)18-12-13-24-20(14-18)19-9-5-7-11-23(19)29(24,27)28;1-16-8-4-6-10-21(16)26-15-22(25(3)17(26)2)18-12-13-24-20(14-18)19-9-5-7-11-23(19)28(24)27;3*1-16-8-4-6-10-21(16)26-15-22(25(3)17(26)2)18-12-13-24-20(14-18)19-9-5-7-11-23(19)27-24;;;;;/h4-15,17H,1-3H3;4-15,17H,1-3H3;3*4-15,17H,1-3H3;;;;;. The van der Waals surface area contributed by atoms with Gasteiger partial charge in [0.05, 0.1) is 53.2 Å². The van der Waals surface area contributed by atoms with Crippen LogP contribution in [0.1, 0.15) is 90.3 Å². The molecule has 0 fully saturated rings. The molecule has 3 aromatic heterocycles. The summed E-state index contributed by atoms with van der Waals surface area (Å²) in [5.74, 6) is 0. The number of rotatable bonds is 10. The van der Waals surface area contributed by atoms with Gasteiger partial charge in [0.2, 0.25) is 9.84 Å². The van der Waals surface area contributed by atoms with Crippen LogP contribution in [-0.4, -0.2) is 118 Å². The van der Waals surface area contributed by atoms with Crippen molar-refractivity contribution in [2.45, 2.75) is 120 Å². The van der Waals surface area contributed by atoms with Gasteiger partial charge in [-0.2, -0.15) is 0 Å². The zero-order valence-corrected chi connectivity index (χ0v) is 94.3. The molecule has 14 nitrogen and oxygen atoms in total. The molecule has 733 valence electrons. The molecule has 25 rings (SSSR count). The molecule has 10 heterocycles. The van der Waals surface area contributed by atoms with Gasteiger partial charge in [-0.15, -0.1) is 11.3 Å². The maximum absolute atomic E-state index is 12.9. The van der Waals surface area contributed by atoms with E-state index in [2.05, 4.69) is 433 Å². The fourth-order valence-electron chi connectivity index (χ4n) is 20.5. The van der Waals surface area contributed by atoms with E-state index in [0.717, 1.165) is 60.0 Å². The van der Waals surface area contributed by atoms with Gasteiger partial charge < -0.3 is 43.6 Å². The molecule has 6 unspecified atom stereocenters. The largest absolute Gasteiger partial charge is 0.456 e. The van der Waals surface area contributed by atoms with Crippen molar-refractivity contribution in [3.8, 4) is 22.3 Å². The molecular weight excluding hydrogens is 2340 g/mol. The predicted molar refractivity (Wildman–Crippen MR) is 580 cm³/mol. The van der Waals surface area contributed by atoms with E-state index >= 15 is 0 Å². The average molecular weight is 2450 g/mol. The van der Waals surface area contributed by atoms with Crippen LogP contribution >= 0.6 is 11.3 Å². The van der Waals surface area contributed by atoms with Gasteiger partial charge >= 0.3 is 166 Å². The summed E-state index contributed by atoms with van der Waals surface area (Å²) in [5.41, 5.74) is 30.2. The number of nitrogens with zero attached hydrogens (tertiary/aromatic N) is 10. The molecule has 23 heteroatoms. The molecule has 0 aliphatic carbocycles. The van der Waals surface area contributed by atoms with Crippen molar-refractivity contribution in [1.29, 1.82) is 0 Å². The smallest absolute Gasteiger partial charge is 0.207 e. The molecule has 18 aromatic rings. The van der Waals surface area contributed by atoms with E-state index < -0.39 is 20.6 Å². The molecule has 143 heavy (non-hydrogen) atoms. The molecule has 0 amide bonds. The third kappa shape index (κ3) is 19.2. The molecule has 0 bridgehead atoms. The Labute approximate surface area is 916 Å². The van der Waals surface area contributed by atoms with Gasteiger partial charge in [0.25, 0.3) is 0 Å². The maximum Gasteiger partial charge on any atom is 0.207 e. The van der Waals surface area contributed by atoms with Gasteiger partial charge in [0.1, 0.15) is 35.8 Å². The summed E-state index contributed by atoms with van der Waals surface area (Å²) in [4.78, 5) is 25.9. The summed E-state index contributed by atoms with van der Waals surface area (Å²) in [6, 6.07) is 116. The van der Waals surface area contributed by atoms with E-state index in [4.69, 9.17) is 4.42 Å². The second kappa shape index (κ2) is 43.2. The number of thiophene rings is 1. The van der Waals surface area contributed by atoms with Gasteiger partial charge in [-0.3, -0.25) is 0 Å². The van der Waals surface area contributed by atoms with E-state index in [1.165, 1.54) is 146 Å². The zero-order chi connectivity index (χ0) is 95.4. The summed E-state index contributed by atoms with van der Waals surface area (Å²) in [7, 11) is 6.23. The molecule has 0 spiro atoms. The number of sulfone groups is 1. The Kier molecular flexibility index (Phi) is 31.6. The summed E-state index contributed by atoms with van der Waals surface area (Å²) >= 11 is 2.30. The number of anilines is 5. The Morgan fingerprint density at radius 2 is 0.601 bits per heavy atom. The van der Waals surface area contributed by atoms with E-state index in [1.807, 2.05) is 78.1 Å². The molecule has 15 aromatic carbocycles. The summed E-state index contributed by atoms with van der Waals surface area (Å²) in [6.07, 6.45) is 12.5. The Bertz CT molecular complexity index is 7790. The minimum atomic E-state index is -3.43. The van der Waals surface area contributed by atoms with Gasteiger partial charge in [-0.05, 0) is 186 Å². The first kappa shape index (κ1) is 105. The van der Waals surface area contributed by atoms with E-state index in [9.17, 15) is 12.6 Å². The fraction of sp³-hybridized carbons (Fsp3) is 0.167. The number of aryl methyl sites for hydroxylation is 5. The Morgan fingerprint density at radius 3 is 1.08 bits per heavy atom. The van der Waals surface area contributed by atoms with Crippen LogP contribution in [0.2, 0.25) is 0 Å². The first-order valence-electron chi connectivity index (χ1n) is 47.2. The summed E-state index contributed by atoms with van der Waals surface area (Å²) < 4.78 is 50.2. The van der Waals surface area contributed by atoms with Crippen molar-refractivity contribution in [2.75, 3.05) is 59.7 Å². The molecule has 0 N–H and O–H groups in total. The second-order valence-corrected chi connectivity index (χ2v) is 43.5. The van der Waals surface area contributed by atoms with Gasteiger partial charge in [-0.25, -0.2) is 12.6 Å². The van der Waals surface area contributed by atoms with Crippen LogP contribution in [0.4, 0.5) is 28.4 Å². The van der Waals surface area contributed by atoms with Crippen molar-refractivity contribution in [3.63, 3.8) is 0 Å². The van der Waals surface area contributed by atoms with E-state index in [-0.39, 0.29) is 122 Å². The SMILES string of the molecule is Cc1ccccc1N1C=C(c2ccc3[se]c4ccccc4c3c2)N(C)C1C.Cc1ccccc1N1C=C(c2ccc3c(c2)-c2ccccc2S3(=O)=O)N(C)C1C.Cc1ccccc1N1C=C(c2ccc3c(c2)-c2ccccc2S3=O)N(C)C1C.Cc1ccccc1N1C=C(c2ccc3oc4ccccc4c3c2)N(C)C1C.Cc1ccccc1N1C=C(c2ccc3sc4ccccc4c3c2)N(C)C1C.[Rh].[Rh].[Rh].[Rh].[Rh]. The normalized spacial score (nSPS) is 17.5. The van der Waals surface area contributed by atoms with E-state index in [0.29, 0.717) is 30.5 Å². The second-order valence-electron chi connectivity index (χ2n) is 36.9. The maximum atomic E-state index is 12.9. The van der Waals surface area contributed by atoms with Crippen LogP contribution < -0.4 is 24.5 Å². The molecule has 6 atom stereocenters. The molecule has 0 saturated carbocycles. The molecule has 7 aliphatic heterocycles. The number of fused-ring (bicyclic) bond motifs is 15.